The summed E-state index contributed by atoms with van der Waals surface area (Å²) < 4.78 is 0.726. The number of hydrogen-bond acceptors (Lipinski definition) is 2. The molecule has 0 bridgehead atoms. The van der Waals surface area contributed by atoms with Gasteiger partial charge >= 0.3 is 0 Å². The fourth-order valence-electron chi connectivity index (χ4n) is 2.31. The van der Waals surface area contributed by atoms with E-state index in [2.05, 4.69) is 54.2 Å². The minimum atomic E-state index is 0.270. The van der Waals surface area contributed by atoms with Gasteiger partial charge in [0.25, 0.3) is 0 Å². The van der Waals surface area contributed by atoms with Gasteiger partial charge in [-0.05, 0) is 65.5 Å². The van der Waals surface area contributed by atoms with Gasteiger partial charge in [-0.2, -0.15) is 0 Å². The van der Waals surface area contributed by atoms with Crippen molar-refractivity contribution in [2.45, 2.75) is 27.3 Å². The standard InChI is InChI=1S/C16H18BrNO/c1-10-6-11(2)16(12(3)7-10)18-9-13-4-5-15(19)14(17)8-13/h4-8,18-19H,9H2,1-3H3. The SMILES string of the molecule is Cc1cc(C)c(NCc2ccc(O)c(Br)c2)c(C)c1. The summed E-state index contributed by atoms with van der Waals surface area (Å²) in [6.45, 7) is 7.09. The van der Waals surface area contributed by atoms with E-state index in [4.69, 9.17) is 0 Å². The smallest absolute Gasteiger partial charge is 0.129 e. The second kappa shape index (κ2) is 5.66. The Kier molecular flexibility index (Phi) is 4.15. The molecule has 0 heterocycles. The molecule has 0 aliphatic rings. The Morgan fingerprint density at radius 3 is 2.26 bits per heavy atom. The van der Waals surface area contributed by atoms with Crippen LogP contribution in [0.5, 0.6) is 5.75 Å². The minimum Gasteiger partial charge on any atom is -0.507 e. The van der Waals surface area contributed by atoms with Gasteiger partial charge in [-0.3, -0.25) is 0 Å². The van der Waals surface area contributed by atoms with Crippen LogP contribution >= 0.6 is 15.9 Å². The molecule has 0 amide bonds. The van der Waals surface area contributed by atoms with Crippen molar-refractivity contribution in [2.24, 2.45) is 0 Å². The number of hydrogen-bond donors (Lipinski definition) is 2. The molecule has 0 fully saturated rings. The molecule has 3 heteroatoms. The first-order chi connectivity index (χ1) is 8.97. The van der Waals surface area contributed by atoms with Crippen molar-refractivity contribution in [3.8, 4) is 5.75 Å². The van der Waals surface area contributed by atoms with Gasteiger partial charge in [-0.1, -0.05) is 23.8 Å². The molecule has 0 aliphatic heterocycles. The fourth-order valence-corrected chi connectivity index (χ4v) is 2.74. The van der Waals surface area contributed by atoms with Gasteiger partial charge in [0, 0.05) is 12.2 Å². The molecule has 0 saturated heterocycles. The van der Waals surface area contributed by atoms with E-state index < -0.39 is 0 Å². The van der Waals surface area contributed by atoms with Crippen LogP contribution in [-0.4, -0.2) is 5.11 Å². The van der Waals surface area contributed by atoms with Crippen LogP contribution in [0.1, 0.15) is 22.3 Å². The summed E-state index contributed by atoms with van der Waals surface area (Å²) in [6, 6.07) is 9.92. The predicted molar refractivity (Wildman–Crippen MR) is 83.8 cm³/mol. The maximum Gasteiger partial charge on any atom is 0.129 e. The Morgan fingerprint density at radius 2 is 1.68 bits per heavy atom. The zero-order valence-electron chi connectivity index (χ0n) is 11.4. The normalized spacial score (nSPS) is 10.5. The molecular formula is C16H18BrNO. The summed E-state index contributed by atoms with van der Waals surface area (Å²) in [5, 5.41) is 12.9. The molecular weight excluding hydrogens is 302 g/mol. The molecule has 0 aromatic heterocycles. The summed E-state index contributed by atoms with van der Waals surface area (Å²) in [6.07, 6.45) is 0. The first-order valence-electron chi connectivity index (χ1n) is 6.26. The zero-order valence-corrected chi connectivity index (χ0v) is 13.0. The molecule has 2 aromatic rings. The largest absolute Gasteiger partial charge is 0.507 e. The van der Waals surface area contributed by atoms with E-state index in [0.29, 0.717) is 0 Å². The van der Waals surface area contributed by atoms with E-state index in [9.17, 15) is 5.11 Å². The van der Waals surface area contributed by atoms with Crippen molar-refractivity contribution in [3.63, 3.8) is 0 Å². The number of rotatable bonds is 3. The van der Waals surface area contributed by atoms with Gasteiger partial charge in [0.1, 0.15) is 5.75 Å². The predicted octanol–water partition coefficient (Wildman–Crippen LogP) is 4.69. The van der Waals surface area contributed by atoms with Crippen LogP contribution in [0.3, 0.4) is 0 Å². The van der Waals surface area contributed by atoms with Gasteiger partial charge in [0.05, 0.1) is 4.47 Å². The van der Waals surface area contributed by atoms with Gasteiger partial charge in [0.15, 0.2) is 0 Å². The van der Waals surface area contributed by atoms with E-state index >= 15 is 0 Å². The lowest BCUT2D eigenvalue weighted by atomic mass is 10.0. The van der Waals surface area contributed by atoms with Crippen molar-refractivity contribution in [2.75, 3.05) is 5.32 Å². The number of phenolic OH excluding ortho intramolecular Hbond substituents is 1. The van der Waals surface area contributed by atoms with Crippen LogP contribution in [0.15, 0.2) is 34.8 Å². The van der Waals surface area contributed by atoms with Crippen LogP contribution in [-0.2, 0) is 6.54 Å². The van der Waals surface area contributed by atoms with Gasteiger partial charge in [0.2, 0.25) is 0 Å². The number of benzene rings is 2. The second-order valence-electron chi connectivity index (χ2n) is 4.91. The molecule has 0 spiro atoms. The molecule has 0 aliphatic carbocycles. The highest BCUT2D eigenvalue weighted by atomic mass is 79.9. The van der Waals surface area contributed by atoms with Crippen LogP contribution in [0.4, 0.5) is 5.69 Å². The number of aryl methyl sites for hydroxylation is 3. The molecule has 2 aromatic carbocycles. The van der Waals surface area contributed by atoms with Crippen LogP contribution in [0.2, 0.25) is 0 Å². The monoisotopic (exact) mass is 319 g/mol. The van der Waals surface area contributed by atoms with Crippen LogP contribution in [0, 0.1) is 20.8 Å². The number of anilines is 1. The van der Waals surface area contributed by atoms with Crippen LogP contribution in [0.25, 0.3) is 0 Å². The number of halogens is 1. The Bertz CT molecular complexity index is 585. The third-order valence-corrected chi connectivity index (χ3v) is 3.79. The summed E-state index contributed by atoms with van der Waals surface area (Å²) >= 11 is 3.33. The molecule has 2 rings (SSSR count). The van der Waals surface area contributed by atoms with Crippen molar-refractivity contribution in [1.82, 2.24) is 0 Å². The third kappa shape index (κ3) is 3.29. The highest BCUT2D eigenvalue weighted by Gasteiger charge is 2.04. The van der Waals surface area contributed by atoms with Gasteiger partial charge in [-0.15, -0.1) is 0 Å². The molecule has 0 saturated carbocycles. The molecule has 0 unspecified atom stereocenters. The number of phenols is 1. The molecule has 0 atom stereocenters. The van der Waals surface area contributed by atoms with Crippen molar-refractivity contribution in [3.05, 3.63) is 57.1 Å². The van der Waals surface area contributed by atoms with E-state index in [-0.39, 0.29) is 5.75 Å². The molecule has 2 nitrogen and oxygen atoms in total. The third-order valence-electron chi connectivity index (χ3n) is 3.16. The zero-order chi connectivity index (χ0) is 14.0. The summed E-state index contributed by atoms with van der Waals surface area (Å²) in [4.78, 5) is 0. The number of nitrogens with one attached hydrogen (secondary N) is 1. The molecule has 2 N–H and O–H groups in total. The Balaban J connectivity index is 2.16. The topological polar surface area (TPSA) is 32.3 Å². The first kappa shape index (κ1) is 13.9. The van der Waals surface area contributed by atoms with Gasteiger partial charge < -0.3 is 10.4 Å². The summed E-state index contributed by atoms with van der Waals surface area (Å²) in [7, 11) is 0. The maximum absolute atomic E-state index is 9.48. The summed E-state index contributed by atoms with van der Waals surface area (Å²) in [5.74, 6) is 0.270. The highest BCUT2D eigenvalue weighted by molar-refractivity contribution is 9.10. The summed E-state index contributed by atoms with van der Waals surface area (Å²) in [5.41, 5.74) is 6.12. The molecule has 100 valence electrons. The van der Waals surface area contributed by atoms with E-state index in [0.717, 1.165) is 16.6 Å². The Labute approximate surface area is 122 Å². The minimum absolute atomic E-state index is 0.270. The fraction of sp³-hybridized carbons (Fsp3) is 0.250. The maximum atomic E-state index is 9.48. The van der Waals surface area contributed by atoms with Crippen molar-refractivity contribution in [1.29, 1.82) is 0 Å². The Morgan fingerprint density at radius 1 is 1.05 bits per heavy atom. The quantitative estimate of drug-likeness (QED) is 0.860. The number of aromatic hydroxyl groups is 1. The van der Waals surface area contributed by atoms with E-state index in [1.54, 1.807) is 6.07 Å². The second-order valence-corrected chi connectivity index (χ2v) is 5.77. The molecule has 0 radical (unpaired) electrons. The Hall–Kier alpha value is -1.48. The first-order valence-corrected chi connectivity index (χ1v) is 7.06. The lowest BCUT2D eigenvalue weighted by molar-refractivity contribution is 0.471. The lowest BCUT2D eigenvalue weighted by Gasteiger charge is -2.14. The van der Waals surface area contributed by atoms with E-state index in [1.165, 1.54) is 22.4 Å². The van der Waals surface area contributed by atoms with Crippen molar-refractivity contribution < 1.29 is 5.11 Å². The average molecular weight is 320 g/mol. The average Bonchev–Trinajstić information content (AvgIpc) is 2.32. The van der Waals surface area contributed by atoms with Crippen LogP contribution < -0.4 is 5.32 Å². The van der Waals surface area contributed by atoms with Gasteiger partial charge in [-0.25, -0.2) is 0 Å². The molecule has 19 heavy (non-hydrogen) atoms. The van der Waals surface area contributed by atoms with Crippen molar-refractivity contribution >= 4 is 21.6 Å². The lowest BCUT2D eigenvalue weighted by Crippen LogP contribution is -2.03. The van der Waals surface area contributed by atoms with E-state index in [1.807, 2.05) is 12.1 Å². The highest BCUT2D eigenvalue weighted by Crippen LogP contribution is 2.26.